The molecule has 32 heavy (non-hydrogen) atoms. The Kier molecular flexibility index (Phi) is 6.17. The van der Waals surface area contributed by atoms with Crippen molar-refractivity contribution in [1.29, 1.82) is 0 Å². The van der Waals surface area contributed by atoms with E-state index in [4.69, 9.17) is 9.47 Å². The van der Waals surface area contributed by atoms with Gasteiger partial charge in [0.1, 0.15) is 5.82 Å². The van der Waals surface area contributed by atoms with Crippen molar-refractivity contribution in [3.8, 4) is 28.3 Å². The molecule has 0 amide bonds. The first-order valence-corrected chi connectivity index (χ1v) is 10.3. The van der Waals surface area contributed by atoms with Crippen LogP contribution in [0.15, 0.2) is 83.7 Å². The summed E-state index contributed by atoms with van der Waals surface area (Å²) < 4.78 is 12.9. The molecule has 0 unspecified atom stereocenters. The second-order valence-corrected chi connectivity index (χ2v) is 7.19. The van der Waals surface area contributed by atoms with E-state index in [2.05, 4.69) is 4.98 Å². The molecule has 0 saturated carbocycles. The predicted molar refractivity (Wildman–Crippen MR) is 128 cm³/mol. The number of para-hydroxylation sites is 2. The Balaban J connectivity index is 1.92. The molecule has 0 bridgehead atoms. The molecule has 3 aromatic carbocycles. The van der Waals surface area contributed by atoms with Crippen molar-refractivity contribution in [3.63, 3.8) is 0 Å². The number of hydrogen-bond donors (Lipinski definition) is 0. The molecule has 0 aliphatic rings. The van der Waals surface area contributed by atoms with Gasteiger partial charge in [0.05, 0.1) is 19.8 Å². The Hall–Kier alpha value is -4.12. The maximum atomic E-state index is 13.1. The number of ether oxygens (including phenoxy) is 2. The zero-order valence-electron chi connectivity index (χ0n) is 18.3. The third-order valence-electron chi connectivity index (χ3n) is 5.28. The first-order valence-electron chi connectivity index (χ1n) is 10.3. The average Bonchev–Trinajstić information content (AvgIpc) is 2.83. The summed E-state index contributed by atoms with van der Waals surface area (Å²) in [5, 5.41) is 0. The summed E-state index contributed by atoms with van der Waals surface area (Å²) in [5.74, 6) is 1.79. The number of methoxy groups -OCH3 is 2. The van der Waals surface area contributed by atoms with E-state index in [1.807, 2.05) is 103 Å². The standard InChI is InChI=1S/C27H24N2O3/c1-19-25(20-11-6-4-7-12-20)27(30)28-24(29(19)22-14-8-5-9-15-22)18-17-21-13-10-16-23(31-2)26(21)32-3/h4-18H,1-3H3. The molecule has 0 fully saturated rings. The summed E-state index contributed by atoms with van der Waals surface area (Å²) in [7, 11) is 3.21. The smallest absolute Gasteiger partial charge is 0.281 e. The lowest BCUT2D eigenvalue weighted by Crippen LogP contribution is -2.20. The van der Waals surface area contributed by atoms with Gasteiger partial charge in [-0.05, 0) is 42.8 Å². The van der Waals surface area contributed by atoms with Gasteiger partial charge in [-0.15, -0.1) is 0 Å². The molecule has 5 heteroatoms. The van der Waals surface area contributed by atoms with E-state index in [0.29, 0.717) is 22.9 Å². The molecular formula is C27H24N2O3. The highest BCUT2D eigenvalue weighted by Crippen LogP contribution is 2.32. The Labute approximate surface area is 187 Å². The van der Waals surface area contributed by atoms with Crippen LogP contribution in [0.3, 0.4) is 0 Å². The largest absolute Gasteiger partial charge is 0.493 e. The summed E-state index contributed by atoms with van der Waals surface area (Å²) in [6.07, 6.45) is 3.71. The van der Waals surface area contributed by atoms with Gasteiger partial charge >= 0.3 is 0 Å². The maximum absolute atomic E-state index is 13.1. The van der Waals surface area contributed by atoms with Gasteiger partial charge in [0.15, 0.2) is 11.5 Å². The van der Waals surface area contributed by atoms with Crippen molar-refractivity contribution < 1.29 is 9.47 Å². The predicted octanol–water partition coefficient (Wildman–Crippen LogP) is 5.40. The highest BCUT2D eigenvalue weighted by molar-refractivity contribution is 5.74. The molecule has 0 atom stereocenters. The summed E-state index contributed by atoms with van der Waals surface area (Å²) in [4.78, 5) is 17.5. The Morgan fingerprint density at radius 1 is 0.812 bits per heavy atom. The van der Waals surface area contributed by atoms with Crippen LogP contribution in [0, 0.1) is 6.92 Å². The van der Waals surface area contributed by atoms with E-state index in [9.17, 15) is 4.79 Å². The first kappa shape index (κ1) is 21.1. The molecule has 160 valence electrons. The van der Waals surface area contributed by atoms with Crippen LogP contribution in [0.5, 0.6) is 11.5 Å². The van der Waals surface area contributed by atoms with Gasteiger partial charge < -0.3 is 9.47 Å². The normalized spacial score (nSPS) is 11.0. The van der Waals surface area contributed by atoms with E-state index in [-0.39, 0.29) is 5.56 Å². The lowest BCUT2D eigenvalue weighted by Gasteiger charge is -2.17. The molecular weight excluding hydrogens is 400 g/mol. The molecule has 4 rings (SSSR count). The van der Waals surface area contributed by atoms with Crippen LogP contribution in [0.1, 0.15) is 17.1 Å². The van der Waals surface area contributed by atoms with Gasteiger partial charge in [-0.1, -0.05) is 60.7 Å². The summed E-state index contributed by atoms with van der Waals surface area (Å²) >= 11 is 0. The Morgan fingerprint density at radius 3 is 2.16 bits per heavy atom. The molecule has 0 aliphatic carbocycles. The molecule has 0 aliphatic heterocycles. The van der Waals surface area contributed by atoms with Crippen LogP contribution in [-0.2, 0) is 0 Å². The lowest BCUT2D eigenvalue weighted by atomic mass is 10.1. The fourth-order valence-corrected chi connectivity index (χ4v) is 3.81. The summed E-state index contributed by atoms with van der Waals surface area (Å²) in [6, 6.07) is 25.2. The lowest BCUT2D eigenvalue weighted by molar-refractivity contribution is 0.354. The fraction of sp³-hybridized carbons (Fsp3) is 0.111. The Morgan fingerprint density at radius 2 is 1.50 bits per heavy atom. The number of aromatic nitrogens is 2. The number of rotatable bonds is 6. The topological polar surface area (TPSA) is 53.3 Å². The van der Waals surface area contributed by atoms with Crippen LogP contribution in [-0.4, -0.2) is 23.8 Å². The SMILES string of the molecule is COc1cccc(C=Cc2nc(=O)c(-c3ccccc3)c(C)n2-c2ccccc2)c1OC. The van der Waals surface area contributed by atoms with Crippen molar-refractivity contribution in [2.24, 2.45) is 0 Å². The minimum absolute atomic E-state index is 0.266. The molecule has 1 heterocycles. The second-order valence-electron chi connectivity index (χ2n) is 7.19. The molecule has 5 nitrogen and oxygen atoms in total. The van der Waals surface area contributed by atoms with Gasteiger partial charge in [0.2, 0.25) is 0 Å². The average molecular weight is 425 g/mol. The highest BCUT2D eigenvalue weighted by Gasteiger charge is 2.16. The molecule has 0 saturated heterocycles. The van der Waals surface area contributed by atoms with Crippen LogP contribution in [0.2, 0.25) is 0 Å². The van der Waals surface area contributed by atoms with Crippen LogP contribution in [0.4, 0.5) is 0 Å². The molecule has 0 spiro atoms. The fourth-order valence-electron chi connectivity index (χ4n) is 3.81. The van der Waals surface area contributed by atoms with E-state index >= 15 is 0 Å². The molecule has 1 aromatic heterocycles. The van der Waals surface area contributed by atoms with Gasteiger partial charge in [0.25, 0.3) is 5.56 Å². The quantitative estimate of drug-likeness (QED) is 0.416. The molecule has 0 N–H and O–H groups in total. The van der Waals surface area contributed by atoms with Crippen molar-refractivity contribution in [2.45, 2.75) is 6.92 Å². The van der Waals surface area contributed by atoms with Crippen molar-refractivity contribution in [2.75, 3.05) is 14.2 Å². The third-order valence-corrected chi connectivity index (χ3v) is 5.28. The third kappa shape index (κ3) is 4.05. The highest BCUT2D eigenvalue weighted by atomic mass is 16.5. The van der Waals surface area contributed by atoms with Gasteiger partial charge in [-0.3, -0.25) is 9.36 Å². The van der Waals surface area contributed by atoms with Crippen LogP contribution < -0.4 is 15.0 Å². The Bertz CT molecular complexity index is 1310. The van der Waals surface area contributed by atoms with Gasteiger partial charge in [-0.2, -0.15) is 4.98 Å². The maximum Gasteiger partial charge on any atom is 0.281 e. The van der Waals surface area contributed by atoms with Crippen LogP contribution >= 0.6 is 0 Å². The van der Waals surface area contributed by atoms with E-state index < -0.39 is 0 Å². The number of nitrogens with zero attached hydrogens (tertiary/aromatic N) is 2. The number of hydrogen-bond acceptors (Lipinski definition) is 4. The number of benzene rings is 3. The van der Waals surface area contributed by atoms with Crippen molar-refractivity contribution in [1.82, 2.24) is 9.55 Å². The van der Waals surface area contributed by atoms with E-state index in [0.717, 1.165) is 22.5 Å². The van der Waals surface area contributed by atoms with Crippen LogP contribution in [0.25, 0.3) is 29.0 Å². The molecule has 0 radical (unpaired) electrons. The minimum Gasteiger partial charge on any atom is -0.493 e. The van der Waals surface area contributed by atoms with E-state index in [1.54, 1.807) is 14.2 Å². The van der Waals surface area contributed by atoms with Gasteiger partial charge in [0, 0.05) is 16.9 Å². The molecule has 4 aromatic rings. The zero-order chi connectivity index (χ0) is 22.5. The van der Waals surface area contributed by atoms with Crippen molar-refractivity contribution in [3.05, 3.63) is 106 Å². The zero-order valence-corrected chi connectivity index (χ0v) is 18.3. The van der Waals surface area contributed by atoms with Crippen molar-refractivity contribution >= 4 is 12.2 Å². The summed E-state index contributed by atoms with van der Waals surface area (Å²) in [6.45, 7) is 1.95. The van der Waals surface area contributed by atoms with Gasteiger partial charge in [-0.25, -0.2) is 0 Å². The van der Waals surface area contributed by atoms with E-state index in [1.165, 1.54) is 0 Å². The summed E-state index contributed by atoms with van der Waals surface area (Å²) in [5.41, 5.74) is 3.73. The monoisotopic (exact) mass is 424 g/mol. The minimum atomic E-state index is -0.266. The second kappa shape index (κ2) is 9.35. The first-order chi connectivity index (χ1) is 15.6.